The van der Waals surface area contributed by atoms with Crippen LogP contribution < -0.4 is 0 Å². The van der Waals surface area contributed by atoms with Gasteiger partial charge in [0.15, 0.2) is 0 Å². The van der Waals surface area contributed by atoms with Crippen LogP contribution in [0.2, 0.25) is 0 Å². The van der Waals surface area contributed by atoms with Gasteiger partial charge in [-0.05, 0) is 12.8 Å². The number of thiol groups is 1. The maximum absolute atomic E-state index is 4.08. The molecule has 1 fully saturated rings. The molecule has 1 saturated carbocycles. The third-order valence-corrected chi connectivity index (χ3v) is 1.06. The van der Waals surface area contributed by atoms with Crippen molar-refractivity contribution in [2.24, 2.45) is 0 Å². The largest absolute Gasteiger partial charge is 0.176 e. The third-order valence-electron chi connectivity index (χ3n) is 0.547. The molecular formula is C3H7ClS. The van der Waals surface area contributed by atoms with Gasteiger partial charge in [0.1, 0.15) is 0 Å². The average molecular weight is 111 g/mol. The Hall–Kier alpha value is 0.640. The summed E-state index contributed by atoms with van der Waals surface area (Å²) >= 11 is 4.08. The van der Waals surface area contributed by atoms with E-state index in [1.807, 2.05) is 0 Å². The molecule has 1 rings (SSSR count). The van der Waals surface area contributed by atoms with Crippen molar-refractivity contribution in [1.29, 1.82) is 0 Å². The lowest BCUT2D eigenvalue weighted by molar-refractivity contribution is 1.50. The summed E-state index contributed by atoms with van der Waals surface area (Å²) in [4.78, 5) is 0. The first-order valence-electron chi connectivity index (χ1n) is 1.57. The van der Waals surface area contributed by atoms with Gasteiger partial charge >= 0.3 is 0 Å². The van der Waals surface area contributed by atoms with Crippen molar-refractivity contribution >= 4 is 25.0 Å². The molecule has 1 aliphatic rings. The molecule has 0 aromatic rings. The van der Waals surface area contributed by atoms with E-state index in [4.69, 9.17) is 0 Å². The number of hydrogen-bond acceptors (Lipinski definition) is 1. The molecule has 0 N–H and O–H groups in total. The summed E-state index contributed by atoms with van der Waals surface area (Å²) < 4.78 is 0. The molecular weight excluding hydrogens is 104 g/mol. The minimum absolute atomic E-state index is 0. The Morgan fingerprint density at radius 1 is 1.40 bits per heavy atom. The smallest absolute Gasteiger partial charge is 0.00176 e. The van der Waals surface area contributed by atoms with Crippen LogP contribution in [0.15, 0.2) is 0 Å². The normalized spacial score (nSPS) is 21.0. The van der Waals surface area contributed by atoms with Gasteiger partial charge in [-0.15, -0.1) is 12.4 Å². The highest BCUT2D eigenvalue weighted by molar-refractivity contribution is 7.81. The summed E-state index contributed by atoms with van der Waals surface area (Å²) in [6.07, 6.45) is 2.70. The molecule has 0 heterocycles. The minimum Gasteiger partial charge on any atom is -0.176 e. The van der Waals surface area contributed by atoms with Gasteiger partial charge in [-0.3, -0.25) is 0 Å². The van der Waals surface area contributed by atoms with Crippen molar-refractivity contribution in [3.63, 3.8) is 0 Å². The Morgan fingerprint density at radius 2 is 1.60 bits per heavy atom. The molecule has 0 bridgehead atoms. The Morgan fingerprint density at radius 3 is 1.60 bits per heavy atom. The Kier molecular flexibility index (Phi) is 2.18. The van der Waals surface area contributed by atoms with E-state index in [1.54, 1.807) is 0 Å². The van der Waals surface area contributed by atoms with Gasteiger partial charge in [0.25, 0.3) is 0 Å². The molecule has 0 atom stereocenters. The second-order valence-electron chi connectivity index (χ2n) is 1.23. The average Bonchev–Trinajstić information content (AvgIpc) is 1.75. The lowest BCUT2D eigenvalue weighted by atomic mass is 11.0. The van der Waals surface area contributed by atoms with Gasteiger partial charge in [0.05, 0.1) is 0 Å². The van der Waals surface area contributed by atoms with Crippen LogP contribution in [-0.2, 0) is 0 Å². The standard InChI is InChI=1S/C3H6S.ClH/c4-3-1-2-3;/h3-4H,1-2H2;1H. The SMILES string of the molecule is Cl.SC1CC1. The van der Waals surface area contributed by atoms with Crippen LogP contribution in [0.4, 0.5) is 0 Å². The highest BCUT2D eigenvalue weighted by Crippen LogP contribution is 2.24. The van der Waals surface area contributed by atoms with Crippen molar-refractivity contribution in [3.05, 3.63) is 0 Å². The fraction of sp³-hybridized carbons (Fsp3) is 1.00. The van der Waals surface area contributed by atoms with Crippen molar-refractivity contribution < 1.29 is 0 Å². The van der Waals surface area contributed by atoms with Crippen molar-refractivity contribution in [1.82, 2.24) is 0 Å². The molecule has 0 aliphatic heterocycles. The number of hydrogen-bond donors (Lipinski definition) is 1. The van der Waals surface area contributed by atoms with E-state index >= 15 is 0 Å². The zero-order valence-corrected chi connectivity index (χ0v) is 4.56. The first-order valence-corrected chi connectivity index (χ1v) is 2.09. The van der Waals surface area contributed by atoms with Crippen molar-refractivity contribution in [2.75, 3.05) is 0 Å². The Bertz CT molecular complexity index is 26.1. The summed E-state index contributed by atoms with van der Waals surface area (Å²) in [7, 11) is 0. The van der Waals surface area contributed by atoms with E-state index in [-0.39, 0.29) is 12.4 Å². The molecule has 0 radical (unpaired) electrons. The highest BCUT2D eigenvalue weighted by Gasteiger charge is 2.14. The molecule has 2 heteroatoms. The van der Waals surface area contributed by atoms with E-state index in [9.17, 15) is 0 Å². The van der Waals surface area contributed by atoms with E-state index in [1.165, 1.54) is 12.8 Å². The maximum atomic E-state index is 4.08. The quantitative estimate of drug-likeness (QED) is 0.449. The molecule has 0 nitrogen and oxygen atoms in total. The van der Waals surface area contributed by atoms with Crippen LogP contribution >= 0.6 is 25.0 Å². The highest BCUT2D eigenvalue weighted by atomic mass is 35.5. The molecule has 5 heavy (non-hydrogen) atoms. The predicted molar refractivity (Wildman–Crippen MR) is 29.3 cm³/mol. The first kappa shape index (κ1) is 5.64. The van der Waals surface area contributed by atoms with Crippen molar-refractivity contribution in [3.8, 4) is 0 Å². The van der Waals surface area contributed by atoms with Crippen LogP contribution in [0.1, 0.15) is 12.8 Å². The molecule has 1 aliphatic carbocycles. The number of halogens is 1. The zero-order valence-electron chi connectivity index (χ0n) is 2.85. The van der Waals surface area contributed by atoms with E-state index < -0.39 is 0 Å². The van der Waals surface area contributed by atoms with E-state index in [0.29, 0.717) is 0 Å². The summed E-state index contributed by atoms with van der Waals surface area (Å²) in [5.74, 6) is 0. The molecule has 0 aromatic carbocycles. The molecule has 0 spiro atoms. The summed E-state index contributed by atoms with van der Waals surface area (Å²) in [5, 5.41) is 0.778. The van der Waals surface area contributed by atoms with E-state index in [0.717, 1.165) is 5.25 Å². The van der Waals surface area contributed by atoms with E-state index in [2.05, 4.69) is 12.6 Å². The minimum atomic E-state index is 0. The van der Waals surface area contributed by atoms with Crippen LogP contribution in [-0.4, -0.2) is 5.25 Å². The van der Waals surface area contributed by atoms with Gasteiger partial charge in [0.2, 0.25) is 0 Å². The monoisotopic (exact) mass is 110 g/mol. The van der Waals surface area contributed by atoms with Crippen molar-refractivity contribution in [2.45, 2.75) is 18.1 Å². The molecule has 0 unspecified atom stereocenters. The second-order valence-corrected chi connectivity index (χ2v) is 1.96. The molecule has 0 amide bonds. The number of rotatable bonds is 0. The fourth-order valence-corrected chi connectivity index (χ4v) is 0.224. The van der Waals surface area contributed by atoms with Gasteiger partial charge in [-0.1, -0.05) is 0 Å². The van der Waals surface area contributed by atoms with Crippen LogP contribution in [0.25, 0.3) is 0 Å². The molecule has 0 aromatic heterocycles. The fourth-order valence-electron chi connectivity index (χ4n) is 0.0745. The summed E-state index contributed by atoms with van der Waals surface area (Å²) in [6.45, 7) is 0. The lowest BCUT2D eigenvalue weighted by Gasteiger charge is -1.53. The Labute approximate surface area is 43.8 Å². The lowest BCUT2D eigenvalue weighted by Crippen LogP contribution is -1.45. The second kappa shape index (κ2) is 1.93. The van der Waals surface area contributed by atoms with Gasteiger partial charge in [-0.25, -0.2) is 0 Å². The zero-order chi connectivity index (χ0) is 2.99. The topological polar surface area (TPSA) is 0 Å². The predicted octanol–water partition coefficient (Wildman–Crippen LogP) is 1.50. The molecule has 32 valence electrons. The van der Waals surface area contributed by atoms with Crippen LogP contribution in [0.5, 0.6) is 0 Å². The van der Waals surface area contributed by atoms with Gasteiger partial charge < -0.3 is 0 Å². The summed E-state index contributed by atoms with van der Waals surface area (Å²) in [6, 6.07) is 0. The van der Waals surface area contributed by atoms with Gasteiger partial charge in [0, 0.05) is 5.25 Å². The maximum Gasteiger partial charge on any atom is 0.00176 e. The Balaban J connectivity index is 0.000000160. The summed E-state index contributed by atoms with van der Waals surface area (Å²) in [5.41, 5.74) is 0. The van der Waals surface area contributed by atoms with Gasteiger partial charge in [-0.2, -0.15) is 12.6 Å². The van der Waals surface area contributed by atoms with Crippen LogP contribution in [0.3, 0.4) is 0 Å². The van der Waals surface area contributed by atoms with Crippen LogP contribution in [0, 0.1) is 0 Å². The molecule has 0 saturated heterocycles. The first-order chi connectivity index (χ1) is 1.89. The third kappa shape index (κ3) is 2.44.